The van der Waals surface area contributed by atoms with E-state index < -0.39 is 5.60 Å². The maximum absolute atomic E-state index is 12.3. The number of carbonyl (C=O) groups excluding carboxylic acids is 1. The highest BCUT2D eigenvalue weighted by Gasteiger charge is 2.35. The van der Waals surface area contributed by atoms with Crippen molar-refractivity contribution < 1.29 is 24.7 Å². The van der Waals surface area contributed by atoms with Crippen LogP contribution >= 0.6 is 0 Å². The van der Waals surface area contributed by atoms with Crippen molar-refractivity contribution in [3.05, 3.63) is 23.8 Å². The van der Waals surface area contributed by atoms with Crippen LogP contribution in [0.5, 0.6) is 11.5 Å². The molecule has 21 heavy (non-hydrogen) atoms. The third-order valence-corrected chi connectivity index (χ3v) is 4.19. The lowest BCUT2D eigenvalue weighted by Crippen LogP contribution is -2.86. The lowest BCUT2D eigenvalue weighted by Gasteiger charge is -2.35. The highest BCUT2D eigenvalue weighted by Crippen LogP contribution is 2.31. The number of hydrogen-bond donors (Lipinski definition) is 2. The largest absolute Gasteiger partial charge is 0.504 e. The minimum absolute atomic E-state index is 0.0103. The van der Waals surface area contributed by atoms with Crippen molar-refractivity contribution >= 4 is 5.97 Å². The van der Waals surface area contributed by atoms with Gasteiger partial charge in [0.1, 0.15) is 5.60 Å². The van der Waals surface area contributed by atoms with Gasteiger partial charge in [0.25, 0.3) is 0 Å². The Hall–Kier alpha value is -1.75. The summed E-state index contributed by atoms with van der Waals surface area (Å²) in [5, 5.41) is 11.9. The van der Waals surface area contributed by atoms with E-state index in [2.05, 4.69) is 5.32 Å². The number of carbonyl (C=O) groups is 1. The molecule has 0 aromatic heterocycles. The molecule has 0 spiro atoms. The first kappa shape index (κ1) is 15.6. The van der Waals surface area contributed by atoms with E-state index in [1.54, 1.807) is 6.07 Å². The van der Waals surface area contributed by atoms with Crippen LogP contribution in [0.15, 0.2) is 18.2 Å². The summed E-state index contributed by atoms with van der Waals surface area (Å²) in [4.78, 5) is 12.3. The molecule has 0 saturated carbocycles. The first-order chi connectivity index (χ1) is 9.94. The second-order valence-electron chi connectivity index (χ2n) is 6.02. The van der Waals surface area contributed by atoms with Crippen LogP contribution in [-0.4, -0.2) is 36.9 Å². The number of hydrogen-bond acceptors (Lipinski definition) is 4. The molecule has 1 aromatic rings. The Labute approximate surface area is 125 Å². The molecule has 1 aliphatic rings. The first-order valence-electron chi connectivity index (χ1n) is 7.36. The van der Waals surface area contributed by atoms with Crippen LogP contribution in [0.1, 0.15) is 37.0 Å². The molecule has 1 saturated heterocycles. The zero-order valence-electron chi connectivity index (χ0n) is 12.9. The predicted molar refractivity (Wildman–Crippen MR) is 78.5 cm³/mol. The average molecular weight is 294 g/mol. The Kier molecular flexibility index (Phi) is 4.73. The van der Waals surface area contributed by atoms with Gasteiger partial charge in [-0.3, -0.25) is 0 Å². The number of quaternary nitrogens is 1. The van der Waals surface area contributed by atoms with Crippen molar-refractivity contribution in [2.45, 2.75) is 32.3 Å². The van der Waals surface area contributed by atoms with Crippen LogP contribution in [0.25, 0.3) is 0 Å². The number of phenols is 1. The molecule has 116 valence electrons. The fourth-order valence-corrected chi connectivity index (χ4v) is 2.81. The number of piperidine rings is 1. The topological polar surface area (TPSA) is 72.4 Å². The van der Waals surface area contributed by atoms with E-state index in [4.69, 9.17) is 9.47 Å². The van der Waals surface area contributed by atoms with Crippen LogP contribution in [-0.2, 0) is 4.74 Å². The number of esters is 1. The monoisotopic (exact) mass is 294 g/mol. The van der Waals surface area contributed by atoms with E-state index in [0.717, 1.165) is 25.9 Å². The third kappa shape index (κ3) is 3.67. The lowest BCUT2D eigenvalue weighted by atomic mass is 9.83. The minimum atomic E-state index is -0.490. The lowest BCUT2D eigenvalue weighted by molar-refractivity contribution is -0.665. The molecule has 0 atom stereocenters. The maximum Gasteiger partial charge on any atom is 0.338 e. The standard InChI is InChI=1S/C16H23NO4/c1-16(2,12-6-8-17-9-7-12)21-15(19)11-4-5-13(18)14(10-11)20-3/h4-5,10,12,17-18H,6-9H2,1-3H3/p+1. The van der Waals surface area contributed by atoms with E-state index in [9.17, 15) is 9.90 Å². The number of nitrogens with two attached hydrogens (primary N) is 1. The molecule has 0 amide bonds. The summed E-state index contributed by atoms with van der Waals surface area (Å²) in [6, 6.07) is 4.49. The molecule has 5 heteroatoms. The second kappa shape index (κ2) is 6.35. The Morgan fingerprint density at radius 3 is 2.62 bits per heavy atom. The van der Waals surface area contributed by atoms with Crippen molar-refractivity contribution in [2.24, 2.45) is 5.92 Å². The van der Waals surface area contributed by atoms with Gasteiger partial charge in [0.05, 0.1) is 25.8 Å². The SMILES string of the molecule is COc1cc(C(=O)OC(C)(C)C2CC[NH2+]CC2)ccc1O. The molecule has 3 N–H and O–H groups in total. The normalized spacial score (nSPS) is 16.5. The molecule has 5 nitrogen and oxygen atoms in total. The number of aromatic hydroxyl groups is 1. The van der Waals surface area contributed by atoms with Crippen LogP contribution in [0.3, 0.4) is 0 Å². The van der Waals surface area contributed by atoms with Gasteiger partial charge in [-0.2, -0.15) is 0 Å². The molecule has 0 aliphatic carbocycles. The van der Waals surface area contributed by atoms with Crippen LogP contribution in [0.4, 0.5) is 0 Å². The average Bonchev–Trinajstić information content (AvgIpc) is 2.48. The van der Waals surface area contributed by atoms with Gasteiger partial charge in [-0.15, -0.1) is 0 Å². The molecule has 1 aromatic carbocycles. The Bertz CT molecular complexity index is 507. The number of benzene rings is 1. The summed E-state index contributed by atoms with van der Waals surface area (Å²) in [6.07, 6.45) is 2.11. The van der Waals surface area contributed by atoms with Crippen molar-refractivity contribution in [2.75, 3.05) is 20.2 Å². The molecule has 0 radical (unpaired) electrons. The number of phenolic OH excluding ortho intramolecular Hbond substituents is 1. The van der Waals surface area contributed by atoms with E-state index >= 15 is 0 Å². The van der Waals surface area contributed by atoms with Crippen molar-refractivity contribution in [1.82, 2.24) is 0 Å². The number of rotatable bonds is 4. The third-order valence-electron chi connectivity index (χ3n) is 4.19. The van der Waals surface area contributed by atoms with Gasteiger partial charge in [-0.1, -0.05) is 0 Å². The van der Waals surface area contributed by atoms with E-state index in [1.807, 2.05) is 13.8 Å². The van der Waals surface area contributed by atoms with Crippen molar-refractivity contribution in [1.29, 1.82) is 0 Å². The summed E-state index contributed by atoms with van der Waals surface area (Å²) in [5.41, 5.74) is -0.101. The Balaban J connectivity index is 2.09. The highest BCUT2D eigenvalue weighted by molar-refractivity contribution is 5.90. The Morgan fingerprint density at radius 2 is 2.00 bits per heavy atom. The zero-order valence-corrected chi connectivity index (χ0v) is 12.9. The van der Waals surface area contributed by atoms with Crippen LogP contribution < -0.4 is 10.1 Å². The summed E-state index contributed by atoms with van der Waals surface area (Å²) in [5.74, 6) is 0.281. The molecule has 1 aliphatic heterocycles. The summed E-state index contributed by atoms with van der Waals surface area (Å²) in [6.45, 7) is 6.11. The molecule has 0 bridgehead atoms. The van der Waals surface area contributed by atoms with Crippen molar-refractivity contribution in [3.63, 3.8) is 0 Å². The quantitative estimate of drug-likeness (QED) is 0.821. The molecular formula is C16H24NO4+. The first-order valence-corrected chi connectivity index (χ1v) is 7.36. The summed E-state index contributed by atoms with van der Waals surface area (Å²) >= 11 is 0. The van der Waals surface area contributed by atoms with Gasteiger partial charge >= 0.3 is 5.97 Å². The van der Waals surface area contributed by atoms with Gasteiger partial charge in [0.2, 0.25) is 0 Å². The molecule has 2 rings (SSSR count). The van der Waals surface area contributed by atoms with E-state index in [-0.39, 0.29) is 17.5 Å². The van der Waals surface area contributed by atoms with Gasteiger partial charge in [-0.25, -0.2) is 4.79 Å². The van der Waals surface area contributed by atoms with Gasteiger partial charge < -0.3 is 19.9 Å². The summed E-state index contributed by atoms with van der Waals surface area (Å²) in [7, 11) is 1.45. The maximum atomic E-state index is 12.3. The number of ether oxygens (including phenoxy) is 2. The van der Waals surface area contributed by atoms with Crippen LogP contribution in [0.2, 0.25) is 0 Å². The van der Waals surface area contributed by atoms with Gasteiger partial charge in [-0.05, 0) is 32.0 Å². The predicted octanol–water partition coefficient (Wildman–Crippen LogP) is 1.31. The van der Waals surface area contributed by atoms with E-state index in [1.165, 1.54) is 19.2 Å². The highest BCUT2D eigenvalue weighted by atomic mass is 16.6. The molecular weight excluding hydrogens is 270 g/mol. The van der Waals surface area contributed by atoms with Gasteiger partial charge in [0, 0.05) is 18.8 Å². The molecule has 1 heterocycles. The fraction of sp³-hybridized carbons (Fsp3) is 0.562. The Morgan fingerprint density at radius 1 is 1.33 bits per heavy atom. The van der Waals surface area contributed by atoms with Crippen molar-refractivity contribution in [3.8, 4) is 11.5 Å². The number of methoxy groups -OCH3 is 1. The second-order valence-corrected chi connectivity index (χ2v) is 6.02. The minimum Gasteiger partial charge on any atom is -0.504 e. The fourth-order valence-electron chi connectivity index (χ4n) is 2.81. The van der Waals surface area contributed by atoms with Gasteiger partial charge in [0.15, 0.2) is 11.5 Å². The smallest absolute Gasteiger partial charge is 0.338 e. The zero-order chi connectivity index (χ0) is 15.5. The van der Waals surface area contributed by atoms with Crippen LogP contribution in [0, 0.1) is 5.92 Å². The summed E-state index contributed by atoms with van der Waals surface area (Å²) < 4.78 is 10.7. The molecule has 1 fully saturated rings. The van der Waals surface area contributed by atoms with E-state index in [0.29, 0.717) is 11.5 Å². The molecule has 0 unspecified atom stereocenters.